The highest BCUT2D eigenvalue weighted by Gasteiger charge is 2.73. The summed E-state index contributed by atoms with van der Waals surface area (Å²) in [6.45, 7) is 2.30. The summed E-state index contributed by atoms with van der Waals surface area (Å²) in [5.74, 6) is -0.721. The summed E-state index contributed by atoms with van der Waals surface area (Å²) in [4.78, 5) is 15.9. The van der Waals surface area contributed by atoms with Crippen LogP contribution in [0, 0.1) is 13.8 Å². The number of nitrogens with one attached hydrogen (secondary N) is 1. The van der Waals surface area contributed by atoms with E-state index < -0.39 is 29.5 Å². The highest BCUT2D eigenvalue weighted by Crippen LogP contribution is 2.53. The Balaban J connectivity index is 2.47. The van der Waals surface area contributed by atoms with Crippen LogP contribution in [-0.4, -0.2) is 23.2 Å². The number of anilines is 1. The molecule has 0 aliphatic rings. The molecule has 1 heterocycles. The van der Waals surface area contributed by atoms with Crippen molar-refractivity contribution < 1.29 is 35.5 Å². The molecule has 1 aromatic carbocycles. The quantitative estimate of drug-likeness (QED) is 0.489. The number of halogens is 8. The summed E-state index contributed by atoms with van der Waals surface area (Å²) in [7, 11) is 0. The summed E-state index contributed by atoms with van der Waals surface area (Å²) >= 11 is 5.60. The number of carbonyl (C=O) groups is 1. The van der Waals surface area contributed by atoms with Gasteiger partial charge in [0.05, 0.1) is 5.56 Å². The minimum atomic E-state index is -6.22. The molecule has 0 atom stereocenters. The number of hydrogen-bond acceptors (Lipinski definition) is 2. The molecule has 0 unspecified atom stereocenters. The zero-order valence-electron chi connectivity index (χ0n) is 14.3. The highest BCUT2D eigenvalue weighted by molar-refractivity contribution is 6.29. The van der Waals surface area contributed by atoms with Gasteiger partial charge in [0.15, 0.2) is 0 Å². The average molecular weight is 429 g/mol. The summed E-state index contributed by atoms with van der Waals surface area (Å²) in [6.07, 6.45) is -11.3. The smallest absolute Gasteiger partial charge is 0.321 e. The molecule has 28 heavy (non-hydrogen) atoms. The fraction of sp³-hybridized carbons (Fsp3) is 0.294. The van der Waals surface area contributed by atoms with Crippen LogP contribution >= 0.6 is 11.6 Å². The van der Waals surface area contributed by atoms with Crippen LogP contribution < -0.4 is 5.32 Å². The van der Waals surface area contributed by atoms with E-state index in [4.69, 9.17) is 11.6 Å². The van der Waals surface area contributed by atoms with E-state index in [-0.39, 0.29) is 27.5 Å². The lowest BCUT2D eigenvalue weighted by molar-refractivity contribution is -0.348. The van der Waals surface area contributed by atoms with Crippen molar-refractivity contribution in [3.8, 4) is 0 Å². The lowest BCUT2D eigenvalue weighted by atomic mass is 9.90. The number of rotatable bonds is 3. The first kappa shape index (κ1) is 21.9. The molecule has 0 spiro atoms. The van der Waals surface area contributed by atoms with E-state index in [1.165, 1.54) is 12.1 Å². The molecule has 1 N–H and O–H groups in total. The molecule has 0 aliphatic carbocycles. The molecule has 152 valence electrons. The maximum Gasteiger partial charge on any atom is 0.435 e. The van der Waals surface area contributed by atoms with Crippen molar-refractivity contribution in [3.05, 3.63) is 57.9 Å². The lowest BCUT2D eigenvalue weighted by Crippen LogP contribution is -2.50. The molecular weight excluding hydrogens is 417 g/mol. The van der Waals surface area contributed by atoms with Gasteiger partial charge in [-0.2, -0.15) is 26.3 Å². The Kier molecular flexibility index (Phi) is 5.66. The maximum absolute atomic E-state index is 14.2. The van der Waals surface area contributed by atoms with Crippen molar-refractivity contribution in [1.82, 2.24) is 4.98 Å². The summed E-state index contributed by atoms with van der Waals surface area (Å²) in [5, 5.41) is 2.48. The average Bonchev–Trinajstić information content (AvgIpc) is 2.55. The maximum atomic E-state index is 14.2. The van der Waals surface area contributed by atoms with Gasteiger partial charge in [-0.15, -0.1) is 0 Å². The van der Waals surface area contributed by atoms with Crippen LogP contribution in [-0.2, 0) is 5.67 Å². The second-order valence-electron chi connectivity index (χ2n) is 5.96. The van der Waals surface area contributed by atoms with E-state index in [9.17, 15) is 35.5 Å². The molecule has 3 nitrogen and oxygen atoms in total. The Morgan fingerprint density at radius 3 is 1.86 bits per heavy atom. The zero-order valence-corrected chi connectivity index (χ0v) is 15.0. The van der Waals surface area contributed by atoms with E-state index in [1.807, 2.05) is 0 Å². The largest absolute Gasteiger partial charge is 0.435 e. The van der Waals surface area contributed by atoms with Gasteiger partial charge in [0.2, 0.25) is 0 Å². The topological polar surface area (TPSA) is 42.0 Å². The minimum Gasteiger partial charge on any atom is -0.321 e. The summed E-state index contributed by atoms with van der Waals surface area (Å²) in [5.41, 5.74) is -7.51. The van der Waals surface area contributed by atoms with Crippen LogP contribution in [0.5, 0.6) is 0 Å². The number of benzene rings is 1. The van der Waals surface area contributed by atoms with Crippen LogP contribution in [0.2, 0.25) is 5.15 Å². The molecule has 11 heteroatoms. The highest BCUT2D eigenvalue weighted by atomic mass is 35.5. The van der Waals surface area contributed by atoms with Crippen LogP contribution in [0.3, 0.4) is 0 Å². The third-order valence-electron chi connectivity index (χ3n) is 3.94. The third-order valence-corrected chi connectivity index (χ3v) is 4.16. The zero-order chi connectivity index (χ0) is 21.5. The number of aromatic nitrogens is 1. The predicted molar refractivity (Wildman–Crippen MR) is 88.0 cm³/mol. The van der Waals surface area contributed by atoms with Gasteiger partial charge in [-0.3, -0.25) is 4.79 Å². The molecule has 0 bridgehead atoms. The second kappa shape index (κ2) is 7.23. The molecule has 2 aromatic rings. The SMILES string of the molecule is Cc1cc(C(F)(C(F)(F)F)C(F)(F)F)cc(C)c1NC(=O)c1ccc(Cl)nc1. The molecule has 0 fully saturated rings. The van der Waals surface area contributed by atoms with Crippen LogP contribution in [0.25, 0.3) is 0 Å². The fourth-order valence-corrected chi connectivity index (χ4v) is 2.66. The fourth-order valence-electron chi connectivity index (χ4n) is 2.54. The molecule has 1 amide bonds. The number of aryl methyl sites for hydroxylation is 2. The minimum absolute atomic E-state index is 0.0459. The van der Waals surface area contributed by atoms with E-state index in [2.05, 4.69) is 10.3 Å². The van der Waals surface area contributed by atoms with Gasteiger partial charge in [0, 0.05) is 17.4 Å². The van der Waals surface area contributed by atoms with Gasteiger partial charge in [-0.05, 0) is 37.1 Å². The summed E-state index contributed by atoms with van der Waals surface area (Å²) < 4.78 is 91.8. The number of pyridine rings is 1. The van der Waals surface area contributed by atoms with Crippen molar-refractivity contribution in [2.75, 3.05) is 5.32 Å². The number of hydrogen-bond donors (Lipinski definition) is 1. The van der Waals surface area contributed by atoms with Gasteiger partial charge in [0.1, 0.15) is 5.15 Å². The van der Waals surface area contributed by atoms with Gasteiger partial charge < -0.3 is 5.32 Å². The van der Waals surface area contributed by atoms with Crippen molar-refractivity contribution in [2.45, 2.75) is 31.9 Å². The van der Waals surface area contributed by atoms with Crippen molar-refractivity contribution >= 4 is 23.2 Å². The first-order chi connectivity index (χ1) is 12.7. The molecular formula is C17H12ClF7N2O. The molecule has 0 radical (unpaired) electrons. The second-order valence-corrected chi connectivity index (χ2v) is 6.35. The number of nitrogens with zero attached hydrogens (tertiary/aromatic N) is 1. The normalized spacial score (nSPS) is 12.8. The number of carbonyl (C=O) groups excluding carboxylic acids is 1. The molecule has 0 saturated carbocycles. The van der Waals surface area contributed by atoms with Gasteiger partial charge in [-0.1, -0.05) is 23.7 Å². The predicted octanol–water partition coefficient (Wildman–Crippen LogP) is 5.89. The molecule has 0 saturated heterocycles. The standard InChI is InChI=1S/C17H12ClF7N2O/c1-8-5-11(15(19,16(20,21)22)17(23,24)25)6-9(2)13(8)27-14(28)10-3-4-12(18)26-7-10/h3-7H,1-2H3,(H,27,28). The van der Waals surface area contributed by atoms with Crippen LogP contribution in [0.15, 0.2) is 30.5 Å². The van der Waals surface area contributed by atoms with Crippen LogP contribution in [0.4, 0.5) is 36.4 Å². The summed E-state index contributed by atoms with van der Waals surface area (Å²) in [6, 6.07) is 3.46. The van der Waals surface area contributed by atoms with E-state index in [1.54, 1.807) is 0 Å². The third kappa shape index (κ3) is 3.91. The Labute approximate surface area is 159 Å². The van der Waals surface area contributed by atoms with Gasteiger partial charge >= 0.3 is 18.0 Å². The Hall–Kier alpha value is -2.36. The first-order valence-corrected chi connectivity index (χ1v) is 7.93. The monoisotopic (exact) mass is 428 g/mol. The van der Waals surface area contributed by atoms with Gasteiger partial charge in [-0.25, -0.2) is 9.37 Å². The van der Waals surface area contributed by atoms with Crippen LogP contribution in [0.1, 0.15) is 27.0 Å². The van der Waals surface area contributed by atoms with E-state index in [0.29, 0.717) is 12.1 Å². The molecule has 0 aliphatic heterocycles. The first-order valence-electron chi connectivity index (χ1n) is 7.55. The van der Waals surface area contributed by atoms with Gasteiger partial charge in [0.25, 0.3) is 5.91 Å². The van der Waals surface area contributed by atoms with Crippen molar-refractivity contribution in [3.63, 3.8) is 0 Å². The van der Waals surface area contributed by atoms with Crippen molar-refractivity contribution in [1.29, 1.82) is 0 Å². The number of amides is 1. The number of alkyl halides is 7. The molecule has 2 rings (SSSR count). The Morgan fingerprint density at radius 2 is 1.46 bits per heavy atom. The van der Waals surface area contributed by atoms with E-state index >= 15 is 0 Å². The van der Waals surface area contributed by atoms with Crippen molar-refractivity contribution in [2.24, 2.45) is 0 Å². The Bertz CT molecular complexity index is 855. The lowest BCUT2D eigenvalue weighted by Gasteiger charge is -2.31. The van der Waals surface area contributed by atoms with E-state index in [0.717, 1.165) is 20.0 Å². The Morgan fingerprint density at radius 1 is 0.964 bits per heavy atom. The molecule has 1 aromatic heterocycles.